The Balaban J connectivity index is 1.22. The van der Waals surface area contributed by atoms with E-state index in [9.17, 15) is 58.2 Å². The summed E-state index contributed by atoms with van der Waals surface area (Å²) in [6, 6.07) is 1.49. The molecule has 17 N–H and O–H groups in total. The van der Waals surface area contributed by atoms with Crippen LogP contribution in [0.3, 0.4) is 0 Å². The number of para-hydroxylation sites is 1. The lowest BCUT2D eigenvalue weighted by molar-refractivity contribution is -0.142. The molecule has 471 valence electrons. The van der Waals surface area contributed by atoms with Crippen molar-refractivity contribution in [3.63, 3.8) is 0 Å². The number of nitrogens with two attached hydrogens (primary N) is 2. The molecule has 87 heavy (non-hydrogen) atoms. The first-order valence-corrected chi connectivity index (χ1v) is 29.3. The fourth-order valence-electron chi connectivity index (χ4n) is 10.5. The summed E-state index contributed by atoms with van der Waals surface area (Å²) in [7, 11) is 0. The van der Waals surface area contributed by atoms with Crippen LogP contribution >= 0.6 is 0 Å². The normalized spacial score (nSPS) is 17.1. The summed E-state index contributed by atoms with van der Waals surface area (Å²) >= 11 is 0. The van der Waals surface area contributed by atoms with Gasteiger partial charge in [0.1, 0.15) is 60.1 Å². The van der Waals surface area contributed by atoms with Gasteiger partial charge >= 0.3 is 0 Å². The van der Waals surface area contributed by atoms with Crippen LogP contribution in [0.25, 0.3) is 10.9 Å². The van der Waals surface area contributed by atoms with Crippen LogP contribution in [-0.2, 0) is 67.2 Å². The summed E-state index contributed by atoms with van der Waals surface area (Å²) in [5, 5.41) is 45.7. The maximum atomic E-state index is 14.7. The number of aliphatic imine (C=N–C) groups is 1. The molecule has 4 heterocycles. The quantitative estimate of drug-likeness (QED) is 0.0148. The third kappa shape index (κ3) is 20.0. The number of rotatable bonds is 32. The molecular weight excluding hydrogens is 1120 g/mol. The second-order valence-electron chi connectivity index (χ2n) is 22.7. The molecule has 10 amide bonds. The van der Waals surface area contributed by atoms with E-state index >= 15 is 0 Å². The number of H-pyrrole nitrogens is 2. The number of imidazole rings is 1. The number of amides is 10. The number of aromatic nitrogens is 3. The molecule has 4 aromatic rings. The molecule has 2 aliphatic rings. The van der Waals surface area contributed by atoms with Crippen LogP contribution in [0.2, 0.25) is 0 Å². The van der Waals surface area contributed by atoms with Crippen LogP contribution in [0.5, 0.6) is 5.75 Å². The molecule has 0 saturated carbocycles. The number of carbonyl (C=O) groups excluding carboxylic acids is 10. The number of phenolic OH excluding ortho intramolecular Hbond substituents is 1. The highest BCUT2D eigenvalue weighted by Crippen LogP contribution is 2.22. The molecule has 2 fully saturated rings. The van der Waals surface area contributed by atoms with Gasteiger partial charge in [0.2, 0.25) is 59.1 Å². The first-order chi connectivity index (χ1) is 41.5. The van der Waals surface area contributed by atoms with Crippen molar-refractivity contribution < 1.29 is 58.2 Å². The van der Waals surface area contributed by atoms with Crippen LogP contribution in [0, 0.1) is 18.8 Å². The molecule has 2 saturated heterocycles. The summed E-state index contributed by atoms with van der Waals surface area (Å²) in [4.78, 5) is 155. The zero-order valence-corrected chi connectivity index (χ0v) is 49.5. The van der Waals surface area contributed by atoms with E-state index in [1.165, 1.54) is 41.7 Å². The summed E-state index contributed by atoms with van der Waals surface area (Å²) in [6.07, 6.45) is 5.71. The van der Waals surface area contributed by atoms with Crippen LogP contribution in [0.1, 0.15) is 95.9 Å². The molecular formula is C59H83N16O12. The summed E-state index contributed by atoms with van der Waals surface area (Å²) < 4.78 is 0. The first-order valence-electron chi connectivity index (χ1n) is 29.3. The highest BCUT2D eigenvalue weighted by Gasteiger charge is 2.40. The van der Waals surface area contributed by atoms with E-state index in [2.05, 4.69) is 74.7 Å². The number of aromatic hydroxyl groups is 1. The molecule has 28 nitrogen and oxygen atoms in total. The number of fused-ring (bicyclic) bond motifs is 1. The summed E-state index contributed by atoms with van der Waals surface area (Å²) in [5.74, 6) is -7.68. The zero-order chi connectivity index (χ0) is 63.3. The number of hydrogen-bond donors (Lipinski definition) is 15. The zero-order valence-electron chi connectivity index (χ0n) is 49.5. The summed E-state index contributed by atoms with van der Waals surface area (Å²) in [5.41, 5.74) is 13.3. The van der Waals surface area contributed by atoms with E-state index < -0.39 is 108 Å². The van der Waals surface area contributed by atoms with Crippen LogP contribution in [-0.4, -0.2) is 176 Å². The molecule has 0 spiro atoms. The van der Waals surface area contributed by atoms with Gasteiger partial charge in [-0.25, -0.2) is 4.98 Å². The smallest absolute Gasteiger partial charge is 0.245 e. The number of benzene rings is 2. The van der Waals surface area contributed by atoms with E-state index in [-0.39, 0.29) is 113 Å². The van der Waals surface area contributed by atoms with Crippen LogP contribution < -0.4 is 59.3 Å². The predicted molar refractivity (Wildman–Crippen MR) is 320 cm³/mol. The fourth-order valence-corrected chi connectivity index (χ4v) is 10.5. The molecule has 2 aromatic heterocycles. The molecule has 0 aliphatic carbocycles. The Kier molecular flexibility index (Phi) is 25.0. The van der Waals surface area contributed by atoms with E-state index in [1.807, 2.05) is 19.9 Å². The number of aliphatic hydroxyl groups is 1. The van der Waals surface area contributed by atoms with Gasteiger partial charge in [-0.1, -0.05) is 58.0 Å². The standard InChI is InChI=1S/C59H83N16O12/c1-6-63-57(86)48-14-10-22-75(48)58(87)41(13-9-21-64-59(60)61)68-51(80)42(23-32(2)3)69-52(81)43(24-33(4)5)70-53(82)44(25-34-15-17-37(77)18-16-34)71-56(85)47(30-76)74-54(83)45(26-35-28-65-39-12-8-7-11-38(35)39)72-55(84)46(27-36-29-62-31-66-36)73-50(79)40-19-20-49(78)67-40/h7-8,11-12,15-18,28-29,31-33,40-48,65,76-77H,1,6,9-10,13-14,19-27,30H2,2-5H3,(H,62,66)(H,63,86)(H,67,78)(H,68,80)(H,69,81)(H,70,82)(H,71,85)(H,72,84)(H,73,79)(H,74,83)(H4,60,61,64). The topological polar surface area (TPSA) is 432 Å². The van der Waals surface area contributed by atoms with Crippen molar-refractivity contribution in [2.45, 2.75) is 153 Å². The molecule has 9 atom stereocenters. The van der Waals surface area contributed by atoms with Crippen molar-refractivity contribution in [3.05, 3.63) is 91.0 Å². The number of aromatic amines is 2. The average Bonchev–Trinajstić information content (AvgIpc) is 2.39. The largest absolute Gasteiger partial charge is 0.508 e. The maximum Gasteiger partial charge on any atom is 0.245 e. The highest BCUT2D eigenvalue weighted by atomic mass is 16.3. The number of likely N-dealkylation sites (tertiary alicyclic amines) is 1. The van der Waals surface area contributed by atoms with Gasteiger partial charge in [-0.3, -0.25) is 52.9 Å². The van der Waals surface area contributed by atoms with E-state index in [0.29, 0.717) is 35.0 Å². The van der Waals surface area contributed by atoms with Crippen molar-refractivity contribution in [3.8, 4) is 5.75 Å². The molecule has 6 rings (SSSR count). The number of aliphatic hydroxyl groups excluding tert-OH is 1. The minimum atomic E-state index is -1.75. The average molecular weight is 1210 g/mol. The van der Waals surface area contributed by atoms with Crippen molar-refractivity contribution in [2.75, 3.05) is 26.2 Å². The highest BCUT2D eigenvalue weighted by molar-refractivity contribution is 5.99. The number of guanidine groups is 1. The lowest BCUT2D eigenvalue weighted by Crippen LogP contribution is -2.61. The Labute approximate surface area is 504 Å². The van der Waals surface area contributed by atoms with E-state index in [1.54, 1.807) is 38.2 Å². The molecule has 28 heteroatoms. The van der Waals surface area contributed by atoms with Gasteiger partial charge in [-0.2, -0.15) is 0 Å². The van der Waals surface area contributed by atoms with Crippen molar-refractivity contribution in [1.82, 2.24) is 67.7 Å². The third-order valence-electron chi connectivity index (χ3n) is 14.9. The van der Waals surface area contributed by atoms with Gasteiger partial charge in [0, 0.05) is 74.3 Å². The van der Waals surface area contributed by atoms with Crippen LogP contribution in [0.15, 0.2) is 72.2 Å². The number of nitrogens with zero attached hydrogens (tertiary/aromatic N) is 3. The Bertz CT molecular complexity index is 3050. The third-order valence-corrected chi connectivity index (χ3v) is 14.9. The monoisotopic (exact) mass is 1210 g/mol. The Morgan fingerprint density at radius 2 is 1.29 bits per heavy atom. The Hall–Kier alpha value is -9.08. The lowest BCUT2D eigenvalue weighted by atomic mass is 9.98. The minimum absolute atomic E-state index is 0.0352. The number of phenols is 1. The van der Waals surface area contributed by atoms with Crippen LogP contribution in [0.4, 0.5) is 0 Å². The number of carbonyl (C=O) groups is 10. The minimum Gasteiger partial charge on any atom is -0.508 e. The lowest BCUT2D eigenvalue weighted by Gasteiger charge is -2.31. The maximum absolute atomic E-state index is 14.7. The van der Waals surface area contributed by atoms with Gasteiger partial charge in [0.25, 0.3) is 0 Å². The second kappa shape index (κ2) is 32.4. The number of hydrogen-bond acceptors (Lipinski definition) is 14. The van der Waals surface area contributed by atoms with Crippen molar-refractivity contribution in [2.24, 2.45) is 28.3 Å². The molecule has 2 aromatic carbocycles. The van der Waals surface area contributed by atoms with Gasteiger partial charge in [-0.05, 0) is 93.0 Å². The molecule has 9 unspecified atom stereocenters. The predicted octanol–water partition coefficient (Wildman–Crippen LogP) is -1.62. The Morgan fingerprint density at radius 1 is 0.713 bits per heavy atom. The molecule has 2 aliphatic heterocycles. The molecule has 0 bridgehead atoms. The first kappa shape index (κ1) is 67.1. The second-order valence-corrected chi connectivity index (χ2v) is 22.7. The fraction of sp³-hybridized carbons (Fsp3) is 0.508. The van der Waals surface area contributed by atoms with Gasteiger partial charge < -0.3 is 84.4 Å². The van der Waals surface area contributed by atoms with Gasteiger partial charge in [0.05, 0.1) is 12.9 Å². The summed E-state index contributed by atoms with van der Waals surface area (Å²) in [6.45, 7) is 10.4. The number of nitrogens with one attached hydrogen (secondary N) is 11. The molecule has 1 radical (unpaired) electrons. The van der Waals surface area contributed by atoms with E-state index in [0.717, 1.165) is 5.52 Å². The van der Waals surface area contributed by atoms with Gasteiger partial charge in [0.15, 0.2) is 5.96 Å². The Morgan fingerprint density at radius 3 is 1.86 bits per heavy atom. The van der Waals surface area contributed by atoms with Crippen molar-refractivity contribution in [1.29, 1.82) is 0 Å². The van der Waals surface area contributed by atoms with Crippen molar-refractivity contribution >= 4 is 75.9 Å². The van der Waals surface area contributed by atoms with Gasteiger partial charge in [-0.15, -0.1) is 0 Å². The van der Waals surface area contributed by atoms with E-state index in [4.69, 9.17) is 11.5 Å². The SMILES string of the molecule is [CH2]CNC(=O)C1CCCN1C(=O)C(CCCN=C(N)N)NC(=O)C(CC(C)C)NC(=O)C(CC(C)C)NC(=O)C(Cc1ccc(O)cc1)NC(=O)C(CO)NC(=O)C(Cc1c[nH]c2ccccc12)NC(=O)C(Cc1cnc[nH]1)NC(=O)C1CCC(=O)N1.